The van der Waals surface area contributed by atoms with Gasteiger partial charge in [0, 0.05) is 35.7 Å². The Labute approximate surface area is 160 Å². The van der Waals surface area contributed by atoms with Crippen molar-refractivity contribution in [2.75, 3.05) is 25.0 Å². The van der Waals surface area contributed by atoms with E-state index >= 15 is 0 Å². The second-order valence-electron chi connectivity index (χ2n) is 7.80. The standard InChI is InChI=1S/C21H29BrN2O/c1-15(2)8-10-21-11-13-23(5)25-20(21)24(12-9-16(3)4)19-14-17(22)6-7-18(19)21/h6-9,14,20H,10-13H2,1-5H3/t20-,21-/m0/s1. The van der Waals surface area contributed by atoms with Gasteiger partial charge in [-0.1, -0.05) is 45.3 Å². The second kappa shape index (κ2) is 7.26. The van der Waals surface area contributed by atoms with Gasteiger partial charge in [0.1, 0.15) is 0 Å². The van der Waals surface area contributed by atoms with E-state index in [1.54, 1.807) is 0 Å². The predicted octanol–water partition coefficient (Wildman–Crippen LogP) is 5.42. The van der Waals surface area contributed by atoms with Gasteiger partial charge in [0.25, 0.3) is 0 Å². The number of hydroxylamine groups is 2. The van der Waals surface area contributed by atoms with E-state index in [-0.39, 0.29) is 11.6 Å². The van der Waals surface area contributed by atoms with Crippen molar-refractivity contribution < 1.29 is 4.84 Å². The summed E-state index contributed by atoms with van der Waals surface area (Å²) in [6.45, 7) is 10.5. The molecule has 0 bridgehead atoms. The van der Waals surface area contributed by atoms with Gasteiger partial charge in [-0.15, -0.1) is 0 Å². The summed E-state index contributed by atoms with van der Waals surface area (Å²) in [5.41, 5.74) is 5.45. The van der Waals surface area contributed by atoms with Crippen LogP contribution in [0.3, 0.4) is 0 Å². The van der Waals surface area contributed by atoms with E-state index in [9.17, 15) is 0 Å². The van der Waals surface area contributed by atoms with Crippen LogP contribution in [-0.2, 0) is 10.3 Å². The van der Waals surface area contributed by atoms with Crippen LogP contribution in [0.5, 0.6) is 0 Å². The molecule has 0 radical (unpaired) electrons. The minimum atomic E-state index is 0.0231. The monoisotopic (exact) mass is 404 g/mol. The molecular formula is C21H29BrN2O. The van der Waals surface area contributed by atoms with Gasteiger partial charge in [0.2, 0.25) is 0 Å². The number of nitrogens with zero attached hydrogens (tertiary/aromatic N) is 2. The maximum absolute atomic E-state index is 6.40. The smallest absolute Gasteiger partial charge is 0.161 e. The van der Waals surface area contributed by atoms with E-state index in [4.69, 9.17) is 4.84 Å². The molecule has 2 atom stereocenters. The fraction of sp³-hybridized carbons (Fsp3) is 0.524. The van der Waals surface area contributed by atoms with Crippen LogP contribution < -0.4 is 4.90 Å². The van der Waals surface area contributed by atoms with Crippen LogP contribution in [0.25, 0.3) is 0 Å². The van der Waals surface area contributed by atoms with Crippen LogP contribution in [0.1, 0.15) is 46.1 Å². The zero-order valence-corrected chi connectivity index (χ0v) is 17.6. The predicted molar refractivity (Wildman–Crippen MR) is 109 cm³/mol. The van der Waals surface area contributed by atoms with Crippen LogP contribution in [0.15, 0.2) is 46.0 Å². The number of anilines is 1. The van der Waals surface area contributed by atoms with Gasteiger partial charge in [-0.2, -0.15) is 5.06 Å². The first-order valence-electron chi connectivity index (χ1n) is 9.05. The Kier molecular flexibility index (Phi) is 5.42. The first kappa shape index (κ1) is 18.7. The molecule has 0 aliphatic carbocycles. The Morgan fingerprint density at radius 3 is 2.64 bits per heavy atom. The van der Waals surface area contributed by atoms with E-state index in [1.807, 2.05) is 12.1 Å². The molecule has 0 N–H and O–H groups in total. The van der Waals surface area contributed by atoms with E-state index < -0.39 is 0 Å². The molecule has 0 unspecified atom stereocenters. The maximum Gasteiger partial charge on any atom is 0.161 e. The highest BCUT2D eigenvalue weighted by Gasteiger charge is 2.53. The average Bonchev–Trinajstić information content (AvgIpc) is 2.80. The lowest BCUT2D eigenvalue weighted by Gasteiger charge is -2.44. The third-order valence-corrected chi connectivity index (χ3v) is 5.78. The Balaban J connectivity index is 2.10. The van der Waals surface area contributed by atoms with Gasteiger partial charge < -0.3 is 4.90 Å². The SMILES string of the molecule is CC(C)=CCN1c2cc(Br)ccc2[C@]2(CC=C(C)C)CCN(C)O[C@H]12. The molecular weight excluding hydrogens is 376 g/mol. The largest absolute Gasteiger partial charge is 0.340 e. The summed E-state index contributed by atoms with van der Waals surface area (Å²) in [6.07, 6.45) is 6.84. The number of fused-ring (bicyclic) bond motifs is 3. The lowest BCUT2D eigenvalue weighted by molar-refractivity contribution is -0.229. The molecule has 2 heterocycles. The molecule has 0 amide bonds. The van der Waals surface area contributed by atoms with Crippen LogP contribution in [0.4, 0.5) is 5.69 Å². The number of benzene rings is 1. The summed E-state index contributed by atoms with van der Waals surface area (Å²) in [5, 5.41) is 2.00. The quantitative estimate of drug-likeness (QED) is 0.622. The van der Waals surface area contributed by atoms with Crippen molar-refractivity contribution in [1.29, 1.82) is 0 Å². The molecule has 1 fully saturated rings. The fourth-order valence-electron chi connectivity index (χ4n) is 3.89. The molecule has 0 spiro atoms. The van der Waals surface area contributed by atoms with E-state index in [0.717, 1.165) is 30.4 Å². The number of allylic oxidation sites excluding steroid dienone is 3. The molecule has 2 aliphatic rings. The topological polar surface area (TPSA) is 15.7 Å². The Morgan fingerprint density at radius 1 is 1.24 bits per heavy atom. The first-order chi connectivity index (χ1) is 11.8. The minimum absolute atomic E-state index is 0.0231. The number of halogens is 1. The molecule has 25 heavy (non-hydrogen) atoms. The van der Waals surface area contributed by atoms with Crippen LogP contribution >= 0.6 is 15.9 Å². The normalized spacial score (nSPS) is 25.4. The van der Waals surface area contributed by atoms with Crippen LogP contribution in [0, 0.1) is 0 Å². The van der Waals surface area contributed by atoms with Crippen LogP contribution in [0.2, 0.25) is 0 Å². The first-order valence-corrected chi connectivity index (χ1v) is 9.84. The second-order valence-corrected chi connectivity index (χ2v) is 8.71. The van der Waals surface area contributed by atoms with E-state index in [0.29, 0.717) is 0 Å². The third-order valence-electron chi connectivity index (χ3n) is 5.28. The fourth-order valence-corrected chi connectivity index (χ4v) is 4.24. The highest BCUT2D eigenvalue weighted by Crippen LogP contribution is 2.52. The van der Waals surface area contributed by atoms with Crippen molar-refractivity contribution in [2.45, 2.75) is 52.2 Å². The zero-order chi connectivity index (χ0) is 18.2. The molecule has 0 saturated carbocycles. The molecule has 1 aromatic carbocycles. The summed E-state index contributed by atoms with van der Waals surface area (Å²) in [4.78, 5) is 8.83. The van der Waals surface area contributed by atoms with E-state index in [2.05, 4.69) is 78.9 Å². The Morgan fingerprint density at radius 2 is 1.96 bits per heavy atom. The van der Waals surface area contributed by atoms with Crippen molar-refractivity contribution in [3.63, 3.8) is 0 Å². The summed E-state index contributed by atoms with van der Waals surface area (Å²) in [5.74, 6) is 0. The molecule has 136 valence electrons. The Hall–Kier alpha value is -1.10. The highest BCUT2D eigenvalue weighted by atomic mass is 79.9. The van der Waals surface area contributed by atoms with Gasteiger partial charge in [-0.25, -0.2) is 0 Å². The van der Waals surface area contributed by atoms with Crippen molar-refractivity contribution in [3.05, 3.63) is 51.5 Å². The van der Waals surface area contributed by atoms with Gasteiger partial charge >= 0.3 is 0 Å². The zero-order valence-electron chi connectivity index (χ0n) is 16.0. The van der Waals surface area contributed by atoms with Crippen molar-refractivity contribution >= 4 is 21.6 Å². The highest BCUT2D eigenvalue weighted by molar-refractivity contribution is 9.10. The third kappa shape index (κ3) is 3.57. The van der Waals surface area contributed by atoms with Crippen molar-refractivity contribution in [1.82, 2.24) is 5.06 Å². The Bertz CT molecular complexity index is 704. The summed E-state index contributed by atoms with van der Waals surface area (Å²) < 4.78 is 1.12. The summed E-state index contributed by atoms with van der Waals surface area (Å²) >= 11 is 3.66. The van der Waals surface area contributed by atoms with Crippen LogP contribution in [-0.4, -0.2) is 31.4 Å². The molecule has 2 aliphatic heterocycles. The van der Waals surface area contributed by atoms with E-state index in [1.165, 1.54) is 22.4 Å². The summed E-state index contributed by atoms with van der Waals surface area (Å²) in [7, 11) is 2.04. The molecule has 1 aromatic rings. The molecule has 3 nitrogen and oxygen atoms in total. The number of rotatable bonds is 4. The van der Waals surface area contributed by atoms with Gasteiger partial charge in [0.15, 0.2) is 6.23 Å². The lowest BCUT2D eigenvalue weighted by Crippen LogP contribution is -2.54. The van der Waals surface area contributed by atoms with Gasteiger partial charge in [0.05, 0.1) is 0 Å². The number of hydrogen-bond acceptors (Lipinski definition) is 3. The van der Waals surface area contributed by atoms with Gasteiger partial charge in [-0.05, 0) is 58.2 Å². The van der Waals surface area contributed by atoms with Crippen molar-refractivity contribution in [3.8, 4) is 0 Å². The number of hydrogen-bond donors (Lipinski definition) is 0. The minimum Gasteiger partial charge on any atom is -0.340 e. The lowest BCUT2D eigenvalue weighted by atomic mass is 9.74. The molecule has 3 rings (SSSR count). The molecule has 1 saturated heterocycles. The average molecular weight is 405 g/mol. The maximum atomic E-state index is 6.40. The molecule has 0 aromatic heterocycles. The van der Waals surface area contributed by atoms with Crippen molar-refractivity contribution in [2.24, 2.45) is 0 Å². The molecule has 4 heteroatoms. The summed E-state index contributed by atoms with van der Waals surface area (Å²) in [6, 6.07) is 6.71. The van der Waals surface area contributed by atoms with Gasteiger partial charge in [-0.3, -0.25) is 4.84 Å².